The third kappa shape index (κ3) is 4.83. The first kappa shape index (κ1) is 16.0. The summed E-state index contributed by atoms with van der Waals surface area (Å²) in [5, 5.41) is 8.98. The van der Waals surface area contributed by atoms with Crippen LogP contribution in [0.15, 0.2) is 0 Å². The summed E-state index contributed by atoms with van der Waals surface area (Å²) in [5.74, 6) is 0.976. The van der Waals surface area contributed by atoms with Crippen molar-refractivity contribution in [2.45, 2.75) is 57.9 Å². The highest BCUT2D eigenvalue weighted by molar-refractivity contribution is 5.78. The molecule has 1 fully saturated rings. The summed E-state index contributed by atoms with van der Waals surface area (Å²) in [4.78, 5) is 14.1. The molecule has 4 heteroatoms. The Morgan fingerprint density at radius 2 is 2.05 bits per heavy atom. The second-order valence-electron chi connectivity index (χ2n) is 6.34. The van der Waals surface area contributed by atoms with Crippen molar-refractivity contribution in [2.75, 3.05) is 13.6 Å². The molecule has 1 aliphatic rings. The molecule has 108 valence electrons. The molecule has 1 amide bonds. The van der Waals surface area contributed by atoms with E-state index < -0.39 is 5.54 Å². The molecule has 0 aromatic carbocycles. The Balaban J connectivity index is 2.36. The lowest BCUT2D eigenvalue weighted by Crippen LogP contribution is -2.45. The van der Waals surface area contributed by atoms with Gasteiger partial charge in [-0.3, -0.25) is 4.79 Å². The zero-order valence-electron chi connectivity index (χ0n) is 12.5. The van der Waals surface area contributed by atoms with Gasteiger partial charge in [0.25, 0.3) is 0 Å². The Bertz CT molecular complexity index is 338. The number of carbonyl (C=O) groups excluding carboxylic acids is 1. The standard InChI is InChI=1S/C15H27N3O/c1-12(2)5-4-10-18(3)14(19)13-6-8-15(17,11-16)9-7-13/h12-13H,4-10,17H2,1-3H3. The van der Waals surface area contributed by atoms with E-state index in [1.165, 1.54) is 0 Å². The number of nitriles is 1. The molecule has 19 heavy (non-hydrogen) atoms. The van der Waals surface area contributed by atoms with Crippen molar-refractivity contribution in [3.05, 3.63) is 0 Å². The van der Waals surface area contributed by atoms with Gasteiger partial charge in [0.1, 0.15) is 5.54 Å². The largest absolute Gasteiger partial charge is 0.346 e. The Morgan fingerprint density at radius 3 is 2.53 bits per heavy atom. The molecule has 1 rings (SSSR count). The van der Waals surface area contributed by atoms with Crippen LogP contribution in [0.4, 0.5) is 0 Å². The van der Waals surface area contributed by atoms with Crippen LogP contribution >= 0.6 is 0 Å². The third-order valence-corrected chi connectivity index (χ3v) is 4.10. The Kier molecular flexibility index (Phi) is 5.81. The molecule has 0 atom stereocenters. The van der Waals surface area contributed by atoms with Gasteiger partial charge in [-0.25, -0.2) is 0 Å². The van der Waals surface area contributed by atoms with E-state index in [-0.39, 0.29) is 11.8 Å². The minimum atomic E-state index is -0.701. The molecule has 0 unspecified atom stereocenters. The van der Waals surface area contributed by atoms with E-state index in [0.717, 1.165) is 32.2 Å². The van der Waals surface area contributed by atoms with Gasteiger partial charge in [0.2, 0.25) is 5.91 Å². The predicted octanol–water partition coefficient (Wildman–Crippen LogP) is 2.29. The first-order valence-electron chi connectivity index (χ1n) is 7.33. The van der Waals surface area contributed by atoms with Crippen LogP contribution in [0.25, 0.3) is 0 Å². The van der Waals surface area contributed by atoms with Crippen molar-refractivity contribution < 1.29 is 4.79 Å². The second-order valence-corrected chi connectivity index (χ2v) is 6.34. The van der Waals surface area contributed by atoms with Gasteiger partial charge in [0.05, 0.1) is 6.07 Å². The van der Waals surface area contributed by atoms with Gasteiger partial charge in [0, 0.05) is 19.5 Å². The summed E-state index contributed by atoms with van der Waals surface area (Å²) in [5.41, 5.74) is 5.22. The van der Waals surface area contributed by atoms with Crippen LogP contribution in [0.1, 0.15) is 52.4 Å². The van der Waals surface area contributed by atoms with E-state index in [0.29, 0.717) is 18.8 Å². The summed E-state index contributed by atoms with van der Waals surface area (Å²) in [7, 11) is 1.89. The summed E-state index contributed by atoms with van der Waals surface area (Å²) in [6, 6.07) is 2.17. The molecule has 0 radical (unpaired) electrons. The zero-order valence-corrected chi connectivity index (χ0v) is 12.5. The van der Waals surface area contributed by atoms with E-state index in [4.69, 9.17) is 11.0 Å². The number of amides is 1. The highest BCUT2D eigenvalue weighted by Crippen LogP contribution is 2.31. The maximum atomic E-state index is 12.3. The number of carbonyl (C=O) groups is 1. The van der Waals surface area contributed by atoms with Gasteiger partial charge in [0.15, 0.2) is 0 Å². The minimum Gasteiger partial charge on any atom is -0.346 e. The molecule has 0 spiro atoms. The van der Waals surface area contributed by atoms with Crippen LogP contribution < -0.4 is 5.73 Å². The number of nitrogens with zero attached hydrogens (tertiary/aromatic N) is 2. The molecule has 0 saturated heterocycles. The van der Waals surface area contributed by atoms with E-state index >= 15 is 0 Å². The average Bonchev–Trinajstić information content (AvgIpc) is 2.38. The van der Waals surface area contributed by atoms with Crippen LogP contribution in [0.5, 0.6) is 0 Å². The number of hydrogen-bond acceptors (Lipinski definition) is 3. The first-order chi connectivity index (χ1) is 8.88. The van der Waals surface area contributed by atoms with E-state index in [1.54, 1.807) is 0 Å². The van der Waals surface area contributed by atoms with Crippen molar-refractivity contribution in [2.24, 2.45) is 17.6 Å². The molecule has 0 bridgehead atoms. The van der Waals surface area contributed by atoms with Gasteiger partial charge in [-0.1, -0.05) is 13.8 Å². The topological polar surface area (TPSA) is 70.1 Å². The van der Waals surface area contributed by atoms with E-state index in [9.17, 15) is 4.79 Å². The molecule has 1 aliphatic carbocycles. The highest BCUT2D eigenvalue weighted by atomic mass is 16.2. The zero-order chi connectivity index (χ0) is 14.5. The normalized spacial score (nSPS) is 27.1. The summed E-state index contributed by atoms with van der Waals surface area (Å²) >= 11 is 0. The second kappa shape index (κ2) is 6.91. The predicted molar refractivity (Wildman–Crippen MR) is 76.2 cm³/mol. The fourth-order valence-corrected chi connectivity index (χ4v) is 2.65. The monoisotopic (exact) mass is 265 g/mol. The summed E-state index contributed by atoms with van der Waals surface area (Å²) in [6.07, 6.45) is 4.99. The Labute approximate surface area is 116 Å². The molecule has 0 aliphatic heterocycles. The maximum Gasteiger partial charge on any atom is 0.225 e. The van der Waals surface area contributed by atoms with Crippen molar-refractivity contribution in [3.63, 3.8) is 0 Å². The maximum absolute atomic E-state index is 12.3. The molecule has 0 aromatic heterocycles. The Hall–Kier alpha value is -1.08. The van der Waals surface area contributed by atoms with Crippen LogP contribution in [0.2, 0.25) is 0 Å². The molecular weight excluding hydrogens is 238 g/mol. The van der Waals surface area contributed by atoms with Crippen LogP contribution in [-0.2, 0) is 4.79 Å². The molecular formula is C15H27N3O. The lowest BCUT2D eigenvalue weighted by molar-refractivity contribution is -0.135. The lowest BCUT2D eigenvalue weighted by Gasteiger charge is -2.33. The van der Waals surface area contributed by atoms with E-state index in [2.05, 4.69) is 19.9 Å². The summed E-state index contributed by atoms with van der Waals surface area (Å²) in [6.45, 7) is 5.23. The number of nitrogens with two attached hydrogens (primary N) is 1. The van der Waals surface area contributed by atoms with Crippen LogP contribution in [0.3, 0.4) is 0 Å². The van der Waals surface area contributed by atoms with Crippen molar-refractivity contribution in [3.8, 4) is 6.07 Å². The van der Waals surface area contributed by atoms with Crippen LogP contribution in [0, 0.1) is 23.2 Å². The average molecular weight is 265 g/mol. The fraction of sp³-hybridized carbons (Fsp3) is 0.867. The van der Waals surface area contributed by atoms with Crippen molar-refractivity contribution >= 4 is 5.91 Å². The molecule has 1 saturated carbocycles. The van der Waals surface area contributed by atoms with Gasteiger partial charge in [-0.2, -0.15) is 5.26 Å². The van der Waals surface area contributed by atoms with Gasteiger partial charge in [-0.05, 0) is 44.4 Å². The van der Waals surface area contributed by atoms with Crippen LogP contribution in [-0.4, -0.2) is 29.9 Å². The molecule has 0 aromatic rings. The number of hydrogen-bond donors (Lipinski definition) is 1. The quantitative estimate of drug-likeness (QED) is 0.829. The lowest BCUT2D eigenvalue weighted by atomic mass is 9.77. The minimum absolute atomic E-state index is 0.0640. The fourth-order valence-electron chi connectivity index (χ4n) is 2.65. The first-order valence-corrected chi connectivity index (χ1v) is 7.33. The molecule has 2 N–H and O–H groups in total. The van der Waals surface area contributed by atoms with Crippen molar-refractivity contribution in [1.82, 2.24) is 4.90 Å². The third-order valence-electron chi connectivity index (χ3n) is 4.10. The van der Waals surface area contributed by atoms with Gasteiger partial charge in [-0.15, -0.1) is 0 Å². The Morgan fingerprint density at radius 1 is 1.47 bits per heavy atom. The number of rotatable bonds is 5. The van der Waals surface area contributed by atoms with Gasteiger partial charge < -0.3 is 10.6 Å². The van der Waals surface area contributed by atoms with Crippen molar-refractivity contribution in [1.29, 1.82) is 5.26 Å². The highest BCUT2D eigenvalue weighted by Gasteiger charge is 2.35. The van der Waals surface area contributed by atoms with E-state index in [1.807, 2.05) is 11.9 Å². The SMILES string of the molecule is CC(C)CCCN(C)C(=O)C1CCC(N)(C#N)CC1. The van der Waals surface area contributed by atoms with Gasteiger partial charge >= 0.3 is 0 Å². The molecule has 0 heterocycles. The smallest absolute Gasteiger partial charge is 0.225 e. The molecule has 4 nitrogen and oxygen atoms in total. The summed E-state index contributed by atoms with van der Waals surface area (Å²) < 4.78 is 0.